The fourth-order valence-corrected chi connectivity index (χ4v) is 0.731. The van der Waals surface area contributed by atoms with Gasteiger partial charge in [0.15, 0.2) is 0 Å². The third kappa shape index (κ3) is 0.661. The van der Waals surface area contributed by atoms with Crippen molar-refractivity contribution in [1.82, 2.24) is 9.78 Å². The Morgan fingerprint density at radius 1 is 1.44 bits per heavy atom. The van der Waals surface area contributed by atoms with Gasteiger partial charge in [0.25, 0.3) is 0 Å². The lowest BCUT2D eigenvalue weighted by molar-refractivity contribution is 0.933. The molecule has 3 heteroatoms. The Kier molecular flexibility index (Phi) is 0.773. The number of hydrogen-bond acceptors (Lipinski definition) is 2. The molecule has 9 heavy (non-hydrogen) atoms. The molecule has 0 radical (unpaired) electrons. The maximum atomic E-state index is 4.09. The van der Waals surface area contributed by atoms with Crippen LogP contribution in [0.1, 0.15) is 5.69 Å². The maximum Gasteiger partial charge on any atom is 0.104 e. The van der Waals surface area contributed by atoms with Crippen molar-refractivity contribution in [3.05, 3.63) is 24.2 Å². The molecule has 1 aromatic rings. The molecule has 0 amide bonds. The summed E-state index contributed by atoms with van der Waals surface area (Å²) in [6.07, 6.45) is 7.12. The summed E-state index contributed by atoms with van der Waals surface area (Å²) in [6.45, 7) is 0. The van der Waals surface area contributed by atoms with E-state index in [9.17, 15) is 0 Å². The second-order valence-corrected chi connectivity index (χ2v) is 1.80. The van der Waals surface area contributed by atoms with Gasteiger partial charge >= 0.3 is 0 Å². The van der Waals surface area contributed by atoms with Crippen LogP contribution in [0.25, 0.3) is 6.20 Å². The monoisotopic (exact) mass is 119 g/mol. The van der Waals surface area contributed by atoms with Crippen LogP contribution in [0.5, 0.6) is 0 Å². The van der Waals surface area contributed by atoms with Crippen molar-refractivity contribution >= 4 is 12.4 Å². The third-order valence-electron chi connectivity index (χ3n) is 1.14. The normalized spacial score (nSPS) is 13.8. The van der Waals surface area contributed by atoms with Crippen LogP contribution in [0.15, 0.2) is 23.5 Å². The molecule has 2 bridgehead atoms. The number of aliphatic imine (C=N–C) groups is 1. The number of nitrogens with zero attached hydrogens (tertiary/aromatic N) is 3. The molecule has 0 aromatic carbocycles. The van der Waals surface area contributed by atoms with Crippen LogP contribution in [-0.2, 0) is 0 Å². The van der Waals surface area contributed by atoms with Gasteiger partial charge in [0.2, 0.25) is 0 Å². The molecule has 0 saturated heterocycles. The van der Waals surface area contributed by atoms with E-state index in [4.69, 9.17) is 0 Å². The molecule has 1 aromatic heterocycles. The second-order valence-electron chi connectivity index (χ2n) is 1.80. The van der Waals surface area contributed by atoms with Crippen molar-refractivity contribution in [2.75, 3.05) is 0 Å². The molecule has 0 fully saturated rings. The molecule has 2 rings (SSSR count). The highest BCUT2D eigenvalue weighted by Crippen LogP contribution is 1.96. The standard InChI is InChI=1S/C6H5N3/c1-3-9-4-2-7-5-6(1)8-9/h1-5H. The van der Waals surface area contributed by atoms with E-state index in [2.05, 4.69) is 10.1 Å². The van der Waals surface area contributed by atoms with E-state index in [1.807, 2.05) is 12.3 Å². The minimum atomic E-state index is 0.903. The zero-order chi connectivity index (χ0) is 6.10. The molecule has 0 aliphatic carbocycles. The minimum Gasteiger partial charge on any atom is -0.261 e. The van der Waals surface area contributed by atoms with Gasteiger partial charge in [-0.25, -0.2) is 4.68 Å². The van der Waals surface area contributed by atoms with E-state index >= 15 is 0 Å². The van der Waals surface area contributed by atoms with Crippen molar-refractivity contribution in [2.24, 2.45) is 4.99 Å². The van der Waals surface area contributed by atoms with Crippen molar-refractivity contribution in [3.63, 3.8) is 0 Å². The predicted molar refractivity (Wildman–Crippen MR) is 35.2 cm³/mol. The topological polar surface area (TPSA) is 30.2 Å². The maximum absolute atomic E-state index is 4.09. The first kappa shape index (κ1) is 4.49. The van der Waals surface area contributed by atoms with Gasteiger partial charge in [-0.05, 0) is 6.07 Å². The van der Waals surface area contributed by atoms with Gasteiger partial charge in [-0.3, -0.25) is 4.99 Å². The molecule has 0 atom stereocenters. The van der Waals surface area contributed by atoms with Crippen LogP contribution in [0, 0.1) is 0 Å². The molecule has 3 nitrogen and oxygen atoms in total. The van der Waals surface area contributed by atoms with Crippen LogP contribution in [0.4, 0.5) is 0 Å². The van der Waals surface area contributed by atoms with Crippen LogP contribution >= 0.6 is 0 Å². The number of aromatic nitrogens is 2. The number of fused-ring (bicyclic) bond motifs is 2. The van der Waals surface area contributed by atoms with Gasteiger partial charge in [0, 0.05) is 18.6 Å². The molecular formula is C6H5N3. The fourth-order valence-electron chi connectivity index (χ4n) is 0.731. The lowest BCUT2D eigenvalue weighted by Crippen LogP contribution is -1.85. The third-order valence-corrected chi connectivity index (χ3v) is 1.14. The van der Waals surface area contributed by atoms with E-state index in [-0.39, 0.29) is 0 Å². The smallest absolute Gasteiger partial charge is 0.104 e. The summed E-state index contributed by atoms with van der Waals surface area (Å²) in [5.74, 6) is 0. The Labute approximate surface area is 52.3 Å². The van der Waals surface area contributed by atoms with Gasteiger partial charge in [-0.15, -0.1) is 0 Å². The van der Waals surface area contributed by atoms with Gasteiger partial charge in [0.05, 0.1) is 6.21 Å². The van der Waals surface area contributed by atoms with Crippen molar-refractivity contribution in [1.29, 1.82) is 0 Å². The molecule has 44 valence electrons. The lowest BCUT2D eigenvalue weighted by Gasteiger charge is -1.82. The Bertz CT molecular complexity index is 243. The van der Waals surface area contributed by atoms with Crippen molar-refractivity contribution < 1.29 is 0 Å². The van der Waals surface area contributed by atoms with E-state index in [0.717, 1.165) is 5.69 Å². The van der Waals surface area contributed by atoms with E-state index in [0.29, 0.717) is 0 Å². The number of hydrogen-bond donors (Lipinski definition) is 0. The first-order valence-electron chi connectivity index (χ1n) is 2.70. The van der Waals surface area contributed by atoms with Gasteiger partial charge < -0.3 is 0 Å². The van der Waals surface area contributed by atoms with Crippen LogP contribution < -0.4 is 0 Å². The molecule has 1 aliphatic heterocycles. The fraction of sp³-hybridized carbons (Fsp3) is 0. The summed E-state index contributed by atoms with van der Waals surface area (Å²) in [5, 5.41) is 4.09. The molecule has 0 unspecified atom stereocenters. The zero-order valence-electron chi connectivity index (χ0n) is 4.73. The first-order valence-corrected chi connectivity index (χ1v) is 2.70. The average molecular weight is 119 g/mol. The molecule has 2 heterocycles. The Hall–Kier alpha value is -1.38. The Morgan fingerprint density at radius 2 is 2.44 bits per heavy atom. The predicted octanol–water partition coefficient (Wildman–Crippen LogP) is 0.744. The summed E-state index contributed by atoms with van der Waals surface area (Å²) in [6, 6.07) is 1.91. The van der Waals surface area contributed by atoms with Crippen molar-refractivity contribution in [2.45, 2.75) is 0 Å². The van der Waals surface area contributed by atoms with E-state index in [1.165, 1.54) is 0 Å². The van der Waals surface area contributed by atoms with Gasteiger partial charge in [-0.2, -0.15) is 5.10 Å². The van der Waals surface area contributed by atoms with Crippen LogP contribution in [0.2, 0.25) is 0 Å². The molecular weight excluding hydrogens is 114 g/mol. The Morgan fingerprint density at radius 3 is 3.44 bits per heavy atom. The molecule has 0 spiro atoms. The zero-order valence-corrected chi connectivity index (χ0v) is 4.73. The molecule has 0 N–H and O–H groups in total. The van der Waals surface area contributed by atoms with E-state index in [1.54, 1.807) is 23.3 Å². The second kappa shape index (κ2) is 1.55. The largest absolute Gasteiger partial charge is 0.261 e. The molecule has 0 saturated carbocycles. The van der Waals surface area contributed by atoms with Crippen LogP contribution in [0.3, 0.4) is 0 Å². The number of rotatable bonds is 0. The van der Waals surface area contributed by atoms with Crippen molar-refractivity contribution in [3.8, 4) is 0 Å². The minimum absolute atomic E-state index is 0.903. The highest BCUT2D eigenvalue weighted by atomic mass is 15.3. The highest BCUT2D eigenvalue weighted by molar-refractivity contribution is 5.78. The summed E-state index contributed by atoms with van der Waals surface area (Å²) in [5.41, 5.74) is 0.903. The lowest BCUT2D eigenvalue weighted by atomic mass is 10.5. The van der Waals surface area contributed by atoms with Gasteiger partial charge in [-0.1, -0.05) is 0 Å². The van der Waals surface area contributed by atoms with Gasteiger partial charge in [0.1, 0.15) is 5.69 Å². The van der Waals surface area contributed by atoms with Crippen LogP contribution in [-0.4, -0.2) is 16.0 Å². The highest BCUT2D eigenvalue weighted by Gasteiger charge is 1.93. The average Bonchev–Trinajstić information content (AvgIpc) is 2.09. The van der Waals surface area contributed by atoms with E-state index < -0.39 is 0 Å². The summed E-state index contributed by atoms with van der Waals surface area (Å²) in [4.78, 5) is 3.92. The molecule has 1 aliphatic rings. The summed E-state index contributed by atoms with van der Waals surface area (Å²) < 4.78 is 1.72. The Balaban J connectivity index is 2.66. The summed E-state index contributed by atoms with van der Waals surface area (Å²) >= 11 is 0. The quantitative estimate of drug-likeness (QED) is 0.495. The summed E-state index contributed by atoms with van der Waals surface area (Å²) in [7, 11) is 0. The SMILES string of the molecule is C1=Cn2ccc(n2)C=N1. The first-order chi connectivity index (χ1) is 4.45.